The first-order valence-electron chi connectivity index (χ1n) is 13.2. The molecule has 2 atom stereocenters. The highest BCUT2D eigenvalue weighted by Gasteiger charge is 2.31. The molecule has 10 heteroatoms. The first-order valence-corrected chi connectivity index (χ1v) is 13.2. The maximum Gasteiger partial charge on any atom is 0.130 e. The fourth-order valence-corrected chi connectivity index (χ4v) is 5.54. The largest absolute Gasteiger partial charge is 0.389 e. The number of hydrogen-bond acceptors (Lipinski definition) is 9. The molecule has 0 unspecified atom stereocenters. The van der Waals surface area contributed by atoms with E-state index in [9.17, 15) is 5.11 Å². The molecule has 2 fully saturated rings. The second kappa shape index (κ2) is 10.2. The van der Waals surface area contributed by atoms with Crippen molar-refractivity contribution in [2.45, 2.75) is 44.4 Å². The van der Waals surface area contributed by atoms with Crippen LogP contribution in [0.25, 0.3) is 10.8 Å². The van der Waals surface area contributed by atoms with E-state index in [1.165, 1.54) is 16.6 Å². The molecule has 0 amide bonds. The standard InChI is InChI=1S/C28H34N8O2/c1-18(2)21-4-5-24(35-15-20(16-35)36-11-9-31-33-36)23-14-30-27(13-22(21)23)32-19-6-8-29-28(12-19)34-10-7-26(38-3)25(37)17-34/h4-6,8-9,11-14,18,20,25-26,37H,7,10,15-17H2,1-3H3,(H,29,30,32)/t25-,26+/m1/s1. The van der Waals surface area contributed by atoms with E-state index in [0.717, 1.165) is 48.8 Å². The maximum atomic E-state index is 10.4. The van der Waals surface area contributed by atoms with E-state index in [0.29, 0.717) is 18.5 Å². The van der Waals surface area contributed by atoms with Gasteiger partial charge in [-0.15, -0.1) is 5.10 Å². The number of pyridine rings is 2. The van der Waals surface area contributed by atoms with Crippen LogP contribution in [0.1, 0.15) is 37.8 Å². The lowest BCUT2D eigenvalue weighted by atomic mass is 9.94. The number of hydrogen-bond donors (Lipinski definition) is 2. The van der Waals surface area contributed by atoms with Gasteiger partial charge in [-0.3, -0.25) is 0 Å². The van der Waals surface area contributed by atoms with Crippen LogP contribution in [0, 0.1) is 0 Å². The molecule has 38 heavy (non-hydrogen) atoms. The summed E-state index contributed by atoms with van der Waals surface area (Å²) in [5, 5.41) is 24.3. The van der Waals surface area contributed by atoms with E-state index < -0.39 is 6.10 Å². The number of benzene rings is 1. The van der Waals surface area contributed by atoms with Crippen LogP contribution in [0.15, 0.2) is 55.1 Å². The molecule has 0 bridgehead atoms. The number of anilines is 4. The summed E-state index contributed by atoms with van der Waals surface area (Å²) in [4.78, 5) is 13.8. The van der Waals surface area contributed by atoms with Crippen molar-refractivity contribution in [3.63, 3.8) is 0 Å². The summed E-state index contributed by atoms with van der Waals surface area (Å²) in [5.74, 6) is 2.00. The number of aliphatic hydroxyl groups is 1. The van der Waals surface area contributed by atoms with Gasteiger partial charge in [0.25, 0.3) is 0 Å². The van der Waals surface area contributed by atoms with Gasteiger partial charge in [0.05, 0.1) is 24.4 Å². The fraction of sp³-hybridized carbons (Fsp3) is 0.429. The van der Waals surface area contributed by atoms with Gasteiger partial charge in [-0.05, 0) is 41.5 Å². The molecule has 0 aliphatic carbocycles. The van der Waals surface area contributed by atoms with Gasteiger partial charge in [0.15, 0.2) is 0 Å². The molecule has 0 saturated carbocycles. The number of aromatic nitrogens is 5. The molecule has 2 aliphatic rings. The van der Waals surface area contributed by atoms with E-state index in [-0.39, 0.29) is 6.10 Å². The Balaban J connectivity index is 1.24. The predicted molar refractivity (Wildman–Crippen MR) is 148 cm³/mol. The molecule has 198 valence electrons. The average Bonchev–Trinajstić information content (AvgIpc) is 3.42. The monoisotopic (exact) mass is 514 g/mol. The number of nitrogens with one attached hydrogen (secondary N) is 1. The summed E-state index contributed by atoms with van der Waals surface area (Å²) in [6.45, 7) is 7.53. The Morgan fingerprint density at radius 3 is 2.63 bits per heavy atom. The minimum atomic E-state index is -0.532. The van der Waals surface area contributed by atoms with E-state index in [4.69, 9.17) is 9.72 Å². The highest BCUT2D eigenvalue weighted by atomic mass is 16.5. The van der Waals surface area contributed by atoms with Gasteiger partial charge in [-0.2, -0.15) is 0 Å². The third-order valence-corrected chi connectivity index (χ3v) is 7.72. The summed E-state index contributed by atoms with van der Waals surface area (Å²) >= 11 is 0. The topological polar surface area (TPSA) is 104 Å². The molecule has 0 spiro atoms. The third kappa shape index (κ3) is 4.65. The quantitative estimate of drug-likeness (QED) is 0.382. The zero-order valence-electron chi connectivity index (χ0n) is 22.0. The van der Waals surface area contributed by atoms with Gasteiger partial charge in [-0.25, -0.2) is 14.6 Å². The Bertz CT molecular complexity index is 1400. The Kier molecular flexibility index (Phi) is 6.59. The normalized spacial score (nSPS) is 20.2. The Morgan fingerprint density at radius 2 is 1.89 bits per heavy atom. The summed E-state index contributed by atoms with van der Waals surface area (Å²) in [6, 6.07) is 10.9. The molecule has 2 saturated heterocycles. The van der Waals surface area contributed by atoms with Crippen LogP contribution in [-0.2, 0) is 4.74 Å². The van der Waals surface area contributed by atoms with Crippen molar-refractivity contribution in [3.8, 4) is 0 Å². The van der Waals surface area contributed by atoms with Crippen molar-refractivity contribution in [3.05, 3.63) is 60.7 Å². The van der Waals surface area contributed by atoms with Crippen LogP contribution in [0.4, 0.5) is 23.0 Å². The number of β-amino-alcohol motifs (C(OH)–C–C–N with tert-alkyl or cyclic N) is 1. The lowest BCUT2D eigenvalue weighted by Crippen LogP contribution is -2.48. The average molecular weight is 515 g/mol. The van der Waals surface area contributed by atoms with Crippen molar-refractivity contribution in [2.24, 2.45) is 0 Å². The van der Waals surface area contributed by atoms with Crippen molar-refractivity contribution in [2.75, 3.05) is 48.4 Å². The summed E-state index contributed by atoms with van der Waals surface area (Å²) in [5.41, 5.74) is 3.41. The van der Waals surface area contributed by atoms with Crippen molar-refractivity contribution >= 4 is 33.8 Å². The molecule has 2 aliphatic heterocycles. The van der Waals surface area contributed by atoms with E-state index in [1.54, 1.807) is 19.5 Å². The van der Waals surface area contributed by atoms with Crippen LogP contribution in [0.2, 0.25) is 0 Å². The van der Waals surface area contributed by atoms with Crippen molar-refractivity contribution in [1.29, 1.82) is 0 Å². The second-order valence-corrected chi connectivity index (χ2v) is 10.5. The number of fused-ring (bicyclic) bond motifs is 1. The van der Waals surface area contributed by atoms with Crippen molar-refractivity contribution in [1.82, 2.24) is 25.0 Å². The van der Waals surface area contributed by atoms with E-state index in [2.05, 4.69) is 62.5 Å². The third-order valence-electron chi connectivity index (χ3n) is 7.72. The van der Waals surface area contributed by atoms with Gasteiger partial charge in [0, 0.05) is 74.7 Å². The van der Waals surface area contributed by atoms with Gasteiger partial charge in [-0.1, -0.05) is 25.1 Å². The number of nitrogens with zero attached hydrogens (tertiary/aromatic N) is 7. The summed E-state index contributed by atoms with van der Waals surface area (Å²) in [6.07, 6.45) is 7.54. The molecular weight excluding hydrogens is 480 g/mol. The van der Waals surface area contributed by atoms with Gasteiger partial charge < -0.3 is 25.0 Å². The van der Waals surface area contributed by atoms with Crippen LogP contribution in [-0.4, -0.2) is 75.6 Å². The lowest BCUT2D eigenvalue weighted by molar-refractivity contribution is -0.0218. The predicted octanol–water partition coefficient (Wildman–Crippen LogP) is 3.74. The van der Waals surface area contributed by atoms with Gasteiger partial charge in [0.2, 0.25) is 0 Å². The van der Waals surface area contributed by atoms with Crippen LogP contribution in [0.3, 0.4) is 0 Å². The molecule has 0 radical (unpaired) electrons. The maximum absolute atomic E-state index is 10.4. The smallest absolute Gasteiger partial charge is 0.130 e. The minimum absolute atomic E-state index is 0.126. The molecular formula is C28H34N8O2. The van der Waals surface area contributed by atoms with Crippen LogP contribution >= 0.6 is 0 Å². The highest BCUT2D eigenvalue weighted by molar-refractivity contribution is 5.98. The summed E-state index contributed by atoms with van der Waals surface area (Å²) in [7, 11) is 1.65. The van der Waals surface area contributed by atoms with Gasteiger partial charge in [0.1, 0.15) is 11.6 Å². The first-order chi connectivity index (χ1) is 18.5. The zero-order valence-corrected chi connectivity index (χ0v) is 22.0. The van der Waals surface area contributed by atoms with E-state index >= 15 is 0 Å². The SMILES string of the molecule is CO[C@H]1CCN(c2cc(Nc3cc4c(C(C)C)ccc(N5CC(n6ccnn6)C5)c4cn3)ccn2)C[C@H]1O. The number of ether oxygens (including phenoxy) is 1. The van der Waals surface area contributed by atoms with Crippen molar-refractivity contribution < 1.29 is 9.84 Å². The Morgan fingerprint density at radius 1 is 1.03 bits per heavy atom. The molecule has 4 aromatic rings. The van der Waals surface area contributed by atoms with Crippen LogP contribution in [0.5, 0.6) is 0 Å². The van der Waals surface area contributed by atoms with Crippen LogP contribution < -0.4 is 15.1 Å². The lowest BCUT2D eigenvalue weighted by Gasteiger charge is -2.41. The molecule has 2 N–H and O–H groups in total. The number of aliphatic hydroxyl groups excluding tert-OH is 1. The number of piperidine rings is 1. The first kappa shape index (κ1) is 24.6. The zero-order chi connectivity index (χ0) is 26.2. The molecule has 1 aromatic carbocycles. The number of methoxy groups -OCH3 is 1. The Labute approximate surface area is 222 Å². The molecule has 6 rings (SSSR count). The molecule has 3 aromatic heterocycles. The fourth-order valence-electron chi connectivity index (χ4n) is 5.54. The highest BCUT2D eigenvalue weighted by Crippen LogP contribution is 2.37. The number of rotatable bonds is 7. The second-order valence-electron chi connectivity index (χ2n) is 10.5. The summed E-state index contributed by atoms with van der Waals surface area (Å²) < 4.78 is 7.32. The van der Waals surface area contributed by atoms with Gasteiger partial charge >= 0.3 is 0 Å². The minimum Gasteiger partial charge on any atom is -0.389 e. The van der Waals surface area contributed by atoms with E-state index in [1.807, 2.05) is 29.2 Å². The molecule has 10 nitrogen and oxygen atoms in total. The Hall–Kier alpha value is -3.76. The molecule has 5 heterocycles.